The summed E-state index contributed by atoms with van der Waals surface area (Å²) in [5, 5.41) is 17.3. The summed E-state index contributed by atoms with van der Waals surface area (Å²) < 4.78 is 5.45. The number of aliphatic hydroxyl groups excluding tert-OH is 2. The summed E-state index contributed by atoms with van der Waals surface area (Å²) in [6, 6.07) is 0. The Morgan fingerprint density at radius 1 is 1.00 bits per heavy atom. The smallest absolute Gasteiger partial charge is 0.0701 e. The van der Waals surface area contributed by atoms with E-state index in [1.54, 1.807) is 0 Å². The van der Waals surface area contributed by atoms with E-state index in [-0.39, 0.29) is 6.61 Å². The van der Waals surface area contributed by atoms with Gasteiger partial charge in [0.15, 0.2) is 0 Å². The number of aliphatic hydroxyl groups is 2. The van der Waals surface area contributed by atoms with E-state index in [9.17, 15) is 0 Å². The SMILES string of the molecule is OCCOC1CCC(CCO)CC1. The molecule has 0 aromatic carbocycles. The lowest BCUT2D eigenvalue weighted by molar-refractivity contribution is -0.00137. The van der Waals surface area contributed by atoms with Gasteiger partial charge >= 0.3 is 0 Å². The molecule has 13 heavy (non-hydrogen) atoms. The molecule has 0 bridgehead atoms. The Bertz CT molecular complexity index is 119. The van der Waals surface area contributed by atoms with E-state index in [2.05, 4.69) is 0 Å². The fourth-order valence-electron chi connectivity index (χ4n) is 1.99. The molecule has 0 heterocycles. The van der Waals surface area contributed by atoms with Crippen LogP contribution in [0.3, 0.4) is 0 Å². The second-order valence-corrected chi connectivity index (χ2v) is 3.75. The fraction of sp³-hybridized carbons (Fsp3) is 1.00. The van der Waals surface area contributed by atoms with E-state index in [1.165, 1.54) is 0 Å². The van der Waals surface area contributed by atoms with Gasteiger partial charge in [0.05, 0.1) is 19.3 Å². The van der Waals surface area contributed by atoms with Crippen LogP contribution < -0.4 is 0 Å². The average molecular weight is 188 g/mol. The van der Waals surface area contributed by atoms with Gasteiger partial charge in [-0.2, -0.15) is 0 Å². The van der Waals surface area contributed by atoms with Gasteiger partial charge in [0.25, 0.3) is 0 Å². The molecule has 3 heteroatoms. The highest BCUT2D eigenvalue weighted by atomic mass is 16.5. The minimum absolute atomic E-state index is 0.122. The van der Waals surface area contributed by atoms with Gasteiger partial charge in [-0.3, -0.25) is 0 Å². The van der Waals surface area contributed by atoms with Crippen LogP contribution in [0.15, 0.2) is 0 Å². The highest BCUT2D eigenvalue weighted by molar-refractivity contribution is 4.72. The van der Waals surface area contributed by atoms with Crippen LogP contribution in [-0.4, -0.2) is 36.1 Å². The van der Waals surface area contributed by atoms with Crippen LogP contribution in [-0.2, 0) is 4.74 Å². The molecule has 0 amide bonds. The van der Waals surface area contributed by atoms with Crippen LogP contribution in [0.25, 0.3) is 0 Å². The molecule has 1 fully saturated rings. The van der Waals surface area contributed by atoms with E-state index in [4.69, 9.17) is 14.9 Å². The van der Waals surface area contributed by atoms with Gasteiger partial charge in [-0.05, 0) is 38.0 Å². The molecule has 1 aliphatic rings. The van der Waals surface area contributed by atoms with Crippen LogP contribution in [0.1, 0.15) is 32.1 Å². The van der Waals surface area contributed by atoms with Crippen molar-refractivity contribution in [3.05, 3.63) is 0 Å². The Morgan fingerprint density at radius 3 is 2.23 bits per heavy atom. The topological polar surface area (TPSA) is 49.7 Å². The molecular weight excluding hydrogens is 168 g/mol. The van der Waals surface area contributed by atoms with E-state index in [0.717, 1.165) is 32.1 Å². The number of hydrogen-bond acceptors (Lipinski definition) is 3. The van der Waals surface area contributed by atoms with Crippen molar-refractivity contribution in [3.8, 4) is 0 Å². The van der Waals surface area contributed by atoms with E-state index in [1.807, 2.05) is 0 Å². The first-order valence-electron chi connectivity index (χ1n) is 5.20. The molecule has 0 unspecified atom stereocenters. The molecule has 0 aromatic rings. The van der Waals surface area contributed by atoms with E-state index in [0.29, 0.717) is 25.2 Å². The monoisotopic (exact) mass is 188 g/mol. The van der Waals surface area contributed by atoms with Crippen molar-refractivity contribution in [1.29, 1.82) is 0 Å². The molecule has 0 aliphatic heterocycles. The molecule has 0 radical (unpaired) electrons. The molecule has 1 rings (SSSR count). The van der Waals surface area contributed by atoms with Crippen LogP contribution in [0.4, 0.5) is 0 Å². The van der Waals surface area contributed by atoms with Crippen molar-refractivity contribution in [2.45, 2.75) is 38.2 Å². The van der Waals surface area contributed by atoms with Crippen molar-refractivity contribution in [2.75, 3.05) is 19.8 Å². The Balaban J connectivity index is 2.08. The lowest BCUT2D eigenvalue weighted by Gasteiger charge is -2.27. The Hall–Kier alpha value is -0.120. The second kappa shape index (κ2) is 6.35. The Kier molecular flexibility index (Phi) is 5.35. The minimum Gasteiger partial charge on any atom is -0.396 e. The lowest BCUT2D eigenvalue weighted by atomic mass is 9.85. The van der Waals surface area contributed by atoms with Gasteiger partial charge in [0.2, 0.25) is 0 Å². The predicted molar refractivity (Wildman–Crippen MR) is 50.5 cm³/mol. The summed E-state index contributed by atoms with van der Waals surface area (Å²) >= 11 is 0. The third-order valence-electron chi connectivity index (χ3n) is 2.78. The standard InChI is InChI=1S/C10H20O3/c11-6-5-9-1-3-10(4-2-9)13-8-7-12/h9-12H,1-8H2. The zero-order valence-electron chi connectivity index (χ0n) is 8.11. The van der Waals surface area contributed by atoms with Gasteiger partial charge in [-0.25, -0.2) is 0 Å². The van der Waals surface area contributed by atoms with Gasteiger partial charge in [-0.1, -0.05) is 0 Å². The summed E-state index contributed by atoms with van der Waals surface area (Å²) in [7, 11) is 0. The fourth-order valence-corrected chi connectivity index (χ4v) is 1.99. The highest BCUT2D eigenvalue weighted by Crippen LogP contribution is 2.27. The summed E-state index contributed by atoms with van der Waals surface area (Å²) in [5.74, 6) is 0.693. The molecule has 0 spiro atoms. The molecule has 1 saturated carbocycles. The Morgan fingerprint density at radius 2 is 1.69 bits per heavy atom. The third-order valence-corrected chi connectivity index (χ3v) is 2.78. The number of ether oxygens (including phenoxy) is 1. The summed E-state index contributed by atoms with van der Waals surface area (Å²) in [4.78, 5) is 0. The maximum atomic E-state index is 8.76. The van der Waals surface area contributed by atoms with Crippen molar-refractivity contribution >= 4 is 0 Å². The molecule has 0 saturated heterocycles. The van der Waals surface area contributed by atoms with E-state index >= 15 is 0 Å². The molecule has 78 valence electrons. The zero-order chi connectivity index (χ0) is 9.52. The quantitative estimate of drug-likeness (QED) is 0.675. The molecule has 0 aromatic heterocycles. The third kappa shape index (κ3) is 4.07. The molecular formula is C10H20O3. The van der Waals surface area contributed by atoms with Crippen LogP contribution in [0.5, 0.6) is 0 Å². The maximum Gasteiger partial charge on any atom is 0.0701 e. The second-order valence-electron chi connectivity index (χ2n) is 3.75. The highest BCUT2D eigenvalue weighted by Gasteiger charge is 2.20. The van der Waals surface area contributed by atoms with Gasteiger partial charge in [-0.15, -0.1) is 0 Å². The lowest BCUT2D eigenvalue weighted by Crippen LogP contribution is -2.23. The number of hydrogen-bond donors (Lipinski definition) is 2. The largest absolute Gasteiger partial charge is 0.396 e. The van der Waals surface area contributed by atoms with Crippen LogP contribution in [0.2, 0.25) is 0 Å². The summed E-state index contributed by atoms with van der Waals surface area (Å²) in [6.07, 6.45) is 5.79. The molecule has 1 aliphatic carbocycles. The zero-order valence-corrected chi connectivity index (χ0v) is 8.11. The van der Waals surface area contributed by atoms with Crippen molar-refractivity contribution in [1.82, 2.24) is 0 Å². The molecule has 2 N–H and O–H groups in total. The molecule has 0 atom stereocenters. The molecule has 3 nitrogen and oxygen atoms in total. The minimum atomic E-state index is 0.122. The maximum absolute atomic E-state index is 8.76. The van der Waals surface area contributed by atoms with Crippen molar-refractivity contribution < 1.29 is 14.9 Å². The Labute approximate surface area is 79.7 Å². The first-order valence-corrected chi connectivity index (χ1v) is 5.20. The van der Waals surface area contributed by atoms with E-state index < -0.39 is 0 Å². The number of rotatable bonds is 5. The van der Waals surface area contributed by atoms with Crippen molar-refractivity contribution in [2.24, 2.45) is 5.92 Å². The summed E-state index contributed by atoms with van der Waals surface area (Å²) in [6.45, 7) is 0.902. The van der Waals surface area contributed by atoms with Gasteiger partial charge in [0.1, 0.15) is 0 Å². The van der Waals surface area contributed by atoms with Gasteiger partial charge in [0, 0.05) is 6.61 Å². The van der Waals surface area contributed by atoms with Crippen LogP contribution >= 0.6 is 0 Å². The average Bonchev–Trinajstić information content (AvgIpc) is 2.17. The van der Waals surface area contributed by atoms with Crippen molar-refractivity contribution in [3.63, 3.8) is 0 Å². The first kappa shape index (κ1) is 11.0. The first-order chi connectivity index (χ1) is 6.36. The summed E-state index contributed by atoms with van der Waals surface area (Å²) in [5.41, 5.74) is 0. The van der Waals surface area contributed by atoms with Gasteiger partial charge < -0.3 is 14.9 Å². The predicted octanol–water partition coefficient (Wildman–Crippen LogP) is 0.936. The van der Waals surface area contributed by atoms with Crippen LogP contribution in [0, 0.1) is 5.92 Å². The normalized spacial score (nSPS) is 29.1.